The maximum absolute atomic E-state index is 11.2. The highest BCUT2D eigenvalue weighted by atomic mass is 16.5. The van der Waals surface area contributed by atoms with Crippen molar-refractivity contribution in [1.82, 2.24) is 15.0 Å². The van der Waals surface area contributed by atoms with Crippen molar-refractivity contribution in [3.8, 4) is 0 Å². The number of nitrogens with two attached hydrogens (primary N) is 2. The molecule has 1 heterocycles. The number of amides is 1. The zero-order valence-corrected chi connectivity index (χ0v) is 8.14. The average Bonchev–Trinajstić information content (AvgIpc) is 2.48. The van der Waals surface area contributed by atoms with Crippen molar-refractivity contribution in [2.24, 2.45) is 5.73 Å². The lowest BCUT2D eigenvalue weighted by Gasteiger charge is -2.00. The van der Waals surface area contributed by atoms with E-state index in [0.29, 0.717) is 0 Å². The summed E-state index contributed by atoms with van der Waals surface area (Å²) in [5.74, 6) is -1.33. The summed E-state index contributed by atoms with van der Waals surface area (Å²) in [4.78, 5) is 21.8. The molecule has 0 aliphatic heterocycles. The Hall–Kier alpha value is -2.12. The van der Waals surface area contributed by atoms with Crippen LogP contribution < -0.4 is 11.5 Å². The van der Waals surface area contributed by atoms with Gasteiger partial charge < -0.3 is 16.2 Å². The number of nitrogen functional groups attached to an aromatic ring is 1. The van der Waals surface area contributed by atoms with Gasteiger partial charge in [0.25, 0.3) is 0 Å². The number of anilines is 1. The van der Waals surface area contributed by atoms with Crippen LogP contribution in [-0.2, 0) is 16.1 Å². The first-order chi connectivity index (χ1) is 7.06. The van der Waals surface area contributed by atoms with Crippen LogP contribution in [0.1, 0.15) is 17.4 Å². The first kappa shape index (κ1) is 11.0. The molecule has 0 saturated heterocycles. The highest BCUT2D eigenvalue weighted by Gasteiger charge is 2.18. The Balaban J connectivity index is 2.88. The second-order valence-corrected chi connectivity index (χ2v) is 2.67. The fourth-order valence-electron chi connectivity index (χ4n) is 0.930. The standard InChI is InChI=1S/C7H11N5O3/c1-2-15-7(14)5-6(9)12(11-10-5)3-4(8)13/h2-3,9H2,1H3,(H2,8,13). The van der Waals surface area contributed by atoms with Gasteiger partial charge in [-0.25, -0.2) is 9.48 Å². The summed E-state index contributed by atoms with van der Waals surface area (Å²) in [6, 6.07) is 0. The molecule has 1 rings (SSSR count). The molecule has 1 aromatic heterocycles. The largest absolute Gasteiger partial charge is 0.461 e. The lowest BCUT2D eigenvalue weighted by atomic mass is 10.4. The quantitative estimate of drug-likeness (QED) is 0.587. The molecular formula is C7H11N5O3. The lowest BCUT2D eigenvalue weighted by Crippen LogP contribution is -2.21. The highest BCUT2D eigenvalue weighted by Crippen LogP contribution is 2.08. The minimum Gasteiger partial charge on any atom is -0.461 e. The van der Waals surface area contributed by atoms with Gasteiger partial charge in [-0.3, -0.25) is 4.79 Å². The second-order valence-electron chi connectivity index (χ2n) is 2.67. The number of esters is 1. The molecular weight excluding hydrogens is 202 g/mol. The molecule has 0 bridgehead atoms. The summed E-state index contributed by atoms with van der Waals surface area (Å²) in [6.45, 7) is 1.64. The molecule has 0 aliphatic carbocycles. The summed E-state index contributed by atoms with van der Waals surface area (Å²) >= 11 is 0. The lowest BCUT2D eigenvalue weighted by molar-refractivity contribution is -0.118. The fourth-order valence-corrected chi connectivity index (χ4v) is 0.930. The van der Waals surface area contributed by atoms with Crippen molar-refractivity contribution in [3.05, 3.63) is 5.69 Å². The third-order valence-electron chi connectivity index (χ3n) is 1.55. The van der Waals surface area contributed by atoms with E-state index in [1.807, 2.05) is 0 Å². The van der Waals surface area contributed by atoms with Gasteiger partial charge in [0.05, 0.1) is 6.61 Å². The summed E-state index contributed by atoms with van der Waals surface area (Å²) in [7, 11) is 0. The monoisotopic (exact) mass is 213 g/mol. The van der Waals surface area contributed by atoms with Crippen LogP contribution in [0.3, 0.4) is 0 Å². The third-order valence-corrected chi connectivity index (χ3v) is 1.55. The Bertz CT molecular complexity index is 386. The predicted molar refractivity (Wildman–Crippen MR) is 49.6 cm³/mol. The van der Waals surface area contributed by atoms with Gasteiger partial charge in [0.15, 0.2) is 5.82 Å². The van der Waals surface area contributed by atoms with Crippen LogP contribution in [0.25, 0.3) is 0 Å². The molecule has 0 spiro atoms. The van der Waals surface area contributed by atoms with E-state index in [-0.39, 0.29) is 24.7 Å². The molecule has 0 atom stereocenters. The van der Waals surface area contributed by atoms with Gasteiger partial charge in [-0.2, -0.15) is 0 Å². The minimum absolute atomic E-state index is 0.0350. The highest BCUT2D eigenvalue weighted by molar-refractivity contribution is 5.92. The minimum atomic E-state index is -0.675. The van der Waals surface area contributed by atoms with Crippen molar-refractivity contribution in [1.29, 1.82) is 0 Å². The molecule has 82 valence electrons. The van der Waals surface area contributed by atoms with E-state index in [0.717, 1.165) is 4.68 Å². The molecule has 0 saturated carbocycles. The predicted octanol–water partition coefficient (Wildman–Crippen LogP) is -1.48. The first-order valence-corrected chi connectivity index (χ1v) is 4.20. The van der Waals surface area contributed by atoms with Crippen molar-refractivity contribution in [2.75, 3.05) is 12.3 Å². The van der Waals surface area contributed by atoms with E-state index in [9.17, 15) is 9.59 Å². The van der Waals surface area contributed by atoms with Crippen LogP contribution in [0.2, 0.25) is 0 Å². The van der Waals surface area contributed by atoms with Crippen molar-refractivity contribution < 1.29 is 14.3 Å². The van der Waals surface area contributed by atoms with Crippen LogP contribution >= 0.6 is 0 Å². The summed E-state index contributed by atoms with van der Waals surface area (Å²) in [6.07, 6.45) is 0. The van der Waals surface area contributed by atoms with Gasteiger partial charge in [0, 0.05) is 0 Å². The first-order valence-electron chi connectivity index (χ1n) is 4.20. The van der Waals surface area contributed by atoms with E-state index < -0.39 is 11.9 Å². The van der Waals surface area contributed by atoms with Crippen LogP contribution in [0, 0.1) is 0 Å². The second kappa shape index (κ2) is 4.40. The Kier molecular flexibility index (Phi) is 3.21. The summed E-state index contributed by atoms with van der Waals surface area (Å²) < 4.78 is 5.71. The third kappa shape index (κ3) is 2.42. The van der Waals surface area contributed by atoms with Crippen LogP contribution in [-0.4, -0.2) is 33.5 Å². The fraction of sp³-hybridized carbons (Fsp3) is 0.429. The smallest absolute Gasteiger partial charge is 0.362 e. The molecule has 1 amide bonds. The zero-order chi connectivity index (χ0) is 11.4. The molecule has 15 heavy (non-hydrogen) atoms. The number of rotatable bonds is 4. The molecule has 0 radical (unpaired) electrons. The average molecular weight is 213 g/mol. The maximum atomic E-state index is 11.2. The van der Waals surface area contributed by atoms with E-state index >= 15 is 0 Å². The van der Waals surface area contributed by atoms with Crippen molar-refractivity contribution in [2.45, 2.75) is 13.5 Å². The van der Waals surface area contributed by atoms with Crippen LogP contribution in [0.5, 0.6) is 0 Å². The molecule has 4 N–H and O–H groups in total. The van der Waals surface area contributed by atoms with Gasteiger partial charge in [-0.1, -0.05) is 5.21 Å². The zero-order valence-electron chi connectivity index (χ0n) is 8.14. The maximum Gasteiger partial charge on any atom is 0.362 e. The summed E-state index contributed by atoms with van der Waals surface area (Å²) in [5.41, 5.74) is 10.3. The number of carbonyl (C=O) groups is 2. The Morgan fingerprint density at radius 2 is 2.20 bits per heavy atom. The Morgan fingerprint density at radius 1 is 1.53 bits per heavy atom. The Labute approximate surface area is 85.2 Å². The van der Waals surface area contributed by atoms with Crippen LogP contribution in [0.4, 0.5) is 5.82 Å². The number of aromatic nitrogens is 3. The molecule has 0 fully saturated rings. The number of carbonyl (C=O) groups excluding carboxylic acids is 2. The van der Waals surface area contributed by atoms with Crippen molar-refractivity contribution in [3.63, 3.8) is 0 Å². The normalized spacial score (nSPS) is 9.93. The Morgan fingerprint density at radius 3 is 2.73 bits per heavy atom. The molecule has 0 unspecified atom stereocenters. The van der Waals surface area contributed by atoms with Gasteiger partial charge in [0.2, 0.25) is 11.6 Å². The number of nitrogens with zero attached hydrogens (tertiary/aromatic N) is 3. The topological polar surface area (TPSA) is 126 Å². The molecule has 1 aromatic rings. The van der Waals surface area contributed by atoms with Gasteiger partial charge in [-0.15, -0.1) is 5.10 Å². The number of primary amides is 1. The summed E-state index contributed by atoms with van der Waals surface area (Å²) in [5, 5.41) is 6.99. The SMILES string of the molecule is CCOC(=O)c1nnn(CC(N)=O)c1N. The number of ether oxygens (including phenoxy) is 1. The molecule has 0 aromatic carbocycles. The molecule has 8 nitrogen and oxygen atoms in total. The van der Waals surface area contributed by atoms with Crippen molar-refractivity contribution >= 4 is 17.7 Å². The van der Waals surface area contributed by atoms with Gasteiger partial charge in [0.1, 0.15) is 6.54 Å². The van der Waals surface area contributed by atoms with E-state index in [1.54, 1.807) is 6.92 Å². The molecule has 8 heteroatoms. The van der Waals surface area contributed by atoms with Gasteiger partial charge in [-0.05, 0) is 6.92 Å². The van der Waals surface area contributed by atoms with Gasteiger partial charge >= 0.3 is 5.97 Å². The molecule has 0 aliphatic rings. The van der Waals surface area contributed by atoms with E-state index in [2.05, 4.69) is 15.0 Å². The number of hydrogen-bond donors (Lipinski definition) is 2. The van der Waals surface area contributed by atoms with E-state index in [4.69, 9.17) is 11.5 Å². The van der Waals surface area contributed by atoms with E-state index in [1.165, 1.54) is 0 Å². The van der Waals surface area contributed by atoms with Crippen LogP contribution in [0.15, 0.2) is 0 Å². The number of hydrogen-bond acceptors (Lipinski definition) is 6.